The molecule has 0 unspecified atom stereocenters. The van der Waals surface area contributed by atoms with Gasteiger partial charge >= 0.3 is 12.0 Å². The molecule has 116 valence electrons. The molecule has 0 fully saturated rings. The second-order valence-electron chi connectivity index (χ2n) is 4.58. The number of benzene rings is 1. The van der Waals surface area contributed by atoms with Gasteiger partial charge in [-0.1, -0.05) is 28.1 Å². The number of aliphatic carboxylic acids is 1. The van der Waals surface area contributed by atoms with Gasteiger partial charge in [0.15, 0.2) is 0 Å². The Morgan fingerprint density at radius 1 is 1.38 bits per heavy atom. The minimum atomic E-state index is -1.05. The number of halogens is 1. The molecule has 0 aliphatic rings. The van der Waals surface area contributed by atoms with E-state index in [1.165, 1.54) is 16.9 Å². The first-order chi connectivity index (χ1) is 9.93. The van der Waals surface area contributed by atoms with E-state index in [-0.39, 0.29) is 19.1 Å². The maximum absolute atomic E-state index is 12.3. The summed E-state index contributed by atoms with van der Waals surface area (Å²) in [5, 5.41) is 8.88. The number of methoxy groups -OCH3 is 1. The number of carboxylic acid groups (broad SMARTS) is 1. The molecule has 1 aromatic rings. The SMILES string of the molecule is COCCN(CC(=O)O)C(=O)N(C)Cc1cccc(Br)c1. The van der Waals surface area contributed by atoms with Crippen LogP contribution in [0.25, 0.3) is 0 Å². The van der Waals surface area contributed by atoms with Gasteiger partial charge in [0.25, 0.3) is 0 Å². The van der Waals surface area contributed by atoms with Crippen molar-refractivity contribution in [3.63, 3.8) is 0 Å². The maximum Gasteiger partial charge on any atom is 0.323 e. The molecular formula is C14H19BrN2O4. The van der Waals surface area contributed by atoms with Gasteiger partial charge in [-0.2, -0.15) is 0 Å². The van der Waals surface area contributed by atoms with Gasteiger partial charge < -0.3 is 19.6 Å². The van der Waals surface area contributed by atoms with E-state index in [0.29, 0.717) is 13.2 Å². The summed E-state index contributed by atoms with van der Waals surface area (Å²) >= 11 is 3.38. The molecular weight excluding hydrogens is 340 g/mol. The van der Waals surface area contributed by atoms with Crippen LogP contribution in [0.1, 0.15) is 5.56 Å². The zero-order valence-electron chi connectivity index (χ0n) is 12.1. The van der Waals surface area contributed by atoms with Gasteiger partial charge in [-0.3, -0.25) is 4.79 Å². The minimum Gasteiger partial charge on any atom is -0.480 e. The quantitative estimate of drug-likeness (QED) is 0.809. The van der Waals surface area contributed by atoms with E-state index < -0.39 is 5.97 Å². The predicted molar refractivity (Wildman–Crippen MR) is 82.1 cm³/mol. The van der Waals surface area contributed by atoms with Crippen LogP contribution in [-0.4, -0.2) is 60.8 Å². The van der Waals surface area contributed by atoms with Gasteiger partial charge in [0.1, 0.15) is 6.54 Å². The van der Waals surface area contributed by atoms with Crippen molar-refractivity contribution in [3.8, 4) is 0 Å². The van der Waals surface area contributed by atoms with Gasteiger partial charge in [0.05, 0.1) is 6.61 Å². The first-order valence-corrected chi connectivity index (χ1v) is 7.18. The molecule has 0 aromatic heterocycles. The second-order valence-corrected chi connectivity index (χ2v) is 5.49. The van der Waals surface area contributed by atoms with Crippen LogP contribution in [0, 0.1) is 0 Å². The number of hydrogen-bond donors (Lipinski definition) is 1. The van der Waals surface area contributed by atoms with Crippen LogP contribution in [0.4, 0.5) is 4.79 Å². The fourth-order valence-corrected chi connectivity index (χ4v) is 2.27. The highest BCUT2D eigenvalue weighted by atomic mass is 79.9. The standard InChI is InChI=1S/C14H19BrN2O4/c1-16(9-11-4-3-5-12(15)8-11)14(20)17(6-7-21-2)10-13(18)19/h3-5,8H,6-7,9-10H2,1-2H3,(H,18,19). The average molecular weight is 359 g/mol. The van der Waals surface area contributed by atoms with E-state index in [0.717, 1.165) is 10.0 Å². The van der Waals surface area contributed by atoms with Gasteiger partial charge in [-0.15, -0.1) is 0 Å². The van der Waals surface area contributed by atoms with Crippen LogP contribution in [0.3, 0.4) is 0 Å². The molecule has 0 aliphatic heterocycles. The highest BCUT2D eigenvalue weighted by Gasteiger charge is 2.20. The fraction of sp³-hybridized carbons (Fsp3) is 0.429. The van der Waals surface area contributed by atoms with E-state index >= 15 is 0 Å². The number of hydrogen-bond acceptors (Lipinski definition) is 3. The normalized spacial score (nSPS) is 10.2. The van der Waals surface area contributed by atoms with Gasteiger partial charge in [-0.25, -0.2) is 4.79 Å². The van der Waals surface area contributed by atoms with Gasteiger partial charge in [0.2, 0.25) is 0 Å². The first-order valence-electron chi connectivity index (χ1n) is 6.39. The van der Waals surface area contributed by atoms with Crippen LogP contribution in [0.2, 0.25) is 0 Å². The molecule has 0 bridgehead atoms. The fourth-order valence-electron chi connectivity index (χ4n) is 1.83. The van der Waals surface area contributed by atoms with Crippen molar-refractivity contribution in [3.05, 3.63) is 34.3 Å². The van der Waals surface area contributed by atoms with Crippen LogP contribution in [0.15, 0.2) is 28.7 Å². The van der Waals surface area contributed by atoms with Crippen molar-refractivity contribution >= 4 is 27.9 Å². The largest absolute Gasteiger partial charge is 0.480 e. The third-order valence-corrected chi connectivity index (χ3v) is 3.29. The number of carbonyl (C=O) groups excluding carboxylic acids is 1. The molecule has 0 heterocycles. The molecule has 0 aliphatic carbocycles. The summed E-state index contributed by atoms with van der Waals surface area (Å²) in [4.78, 5) is 25.9. The number of carbonyl (C=O) groups is 2. The molecule has 1 N–H and O–H groups in total. The monoisotopic (exact) mass is 358 g/mol. The van der Waals surface area contributed by atoms with E-state index in [1.54, 1.807) is 7.05 Å². The summed E-state index contributed by atoms with van der Waals surface area (Å²) in [7, 11) is 3.15. The van der Waals surface area contributed by atoms with Gasteiger partial charge in [0, 0.05) is 31.7 Å². The Morgan fingerprint density at radius 2 is 2.10 bits per heavy atom. The lowest BCUT2D eigenvalue weighted by atomic mass is 10.2. The molecule has 1 rings (SSSR count). The van der Waals surface area contributed by atoms with Crippen LogP contribution in [-0.2, 0) is 16.1 Å². The first kappa shape index (κ1) is 17.5. The predicted octanol–water partition coefficient (Wildman–Crippen LogP) is 2.03. The Bertz CT molecular complexity index is 496. The minimum absolute atomic E-state index is 0.241. The Morgan fingerprint density at radius 3 is 2.67 bits per heavy atom. The van der Waals surface area contributed by atoms with Crippen LogP contribution < -0.4 is 0 Å². The van der Waals surface area contributed by atoms with Crippen molar-refractivity contribution in [1.29, 1.82) is 0 Å². The highest BCUT2D eigenvalue weighted by molar-refractivity contribution is 9.10. The molecule has 0 saturated heterocycles. The lowest BCUT2D eigenvalue weighted by molar-refractivity contribution is -0.137. The van der Waals surface area contributed by atoms with Crippen molar-refractivity contribution in [2.75, 3.05) is 33.9 Å². The molecule has 0 atom stereocenters. The number of amides is 2. The molecule has 0 saturated carbocycles. The average Bonchev–Trinajstić information content (AvgIpc) is 2.42. The number of carboxylic acids is 1. The van der Waals surface area contributed by atoms with Crippen molar-refractivity contribution < 1.29 is 19.4 Å². The van der Waals surface area contributed by atoms with Gasteiger partial charge in [-0.05, 0) is 17.7 Å². The summed E-state index contributed by atoms with van der Waals surface area (Å²) in [6.07, 6.45) is 0. The summed E-state index contributed by atoms with van der Waals surface area (Å²) in [6.45, 7) is 0.598. The smallest absolute Gasteiger partial charge is 0.323 e. The number of ether oxygens (including phenoxy) is 1. The van der Waals surface area contributed by atoms with E-state index in [2.05, 4.69) is 15.9 Å². The Hall–Kier alpha value is -1.60. The lowest BCUT2D eigenvalue weighted by Crippen LogP contribution is -2.44. The van der Waals surface area contributed by atoms with Crippen molar-refractivity contribution in [2.24, 2.45) is 0 Å². The second kappa shape index (κ2) is 8.63. The Labute approximate surface area is 132 Å². The molecule has 0 spiro atoms. The van der Waals surface area contributed by atoms with Crippen LogP contribution in [0.5, 0.6) is 0 Å². The molecule has 2 amide bonds. The topological polar surface area (TPSA) is 70.1 Å². The number of nitrogens with zero attached hydrogens (tertiary/aromatic N) is 2. The van der Waals surface area contributed by atoms with Crippen molar-refractivity contribution in [2.45, 2.75) is 6.54 Å². The summed E-state index contributed by atoms with van der Waals surface area (Å²) in [5.74, 6) is -1.05. The third-order valence-electron chi connectivity index (χ3n) is 2.80. The molecule has 7 heteroatoms. The molecule has 0 radical (unpaired) electrons. The summed E-state index contributed by atoms with van der Waals surface area (Å²) < 4.78 is 5.84. The molecule has 1 aromatic carbocycles. The zero-order chi connectivity index (χ0) is 15.8. The Kier molecular flexibility index (Phi) is 7.18. The van der Waals surface area contributed by atoms with Crippen LogP contribution >= 0.6 is 15.9 Å². The Balaban J connectivity index is 2.70. The van der Waals surface area contributed by atoms with Crippen molar-refractivity contribution in [1.82, 2.24) is 9.80 Å². The molecule has 21 heavy (non-hydrogen) atoms. The zero-order valence-corrected chi connectivity index (χ0v) is 13.7. The summed E-state index contributed by atoms with van der Waals surface area (Å²) in [5.41, 5.74) is 0.960. The highest BCUT2D eigenvalue weighted by Crippen LogP contribution is 2.13. The number of urea groups is 1. The van der Waals surface area contributed by atoms with E-state index in [9.17, 15) is 9.59 Å². The number of rotatable bonds is 7. The summed E-state index contributed by atoms with van der Waals surface area (Å²) in [6, 6.07) is 7.28. The third kappa shape index (κ3) is 6.14. The van der Waals surface area contributed by atoms with E-state index in [1.807, 2.05) is 24.3 Å². The lowest BCUT2D eigenvalue weighted by Gasteiger charge is -2.27. The molecule has 6 nitrogen and oxygen atoms in total. The van der Waals surface area contributed by atoms with E-state index in [4.69, 9.17) is 9.84 Å². The maximum atomic E-state index is 12.3.